The van der Waals surface area contributed by atoms with E-state index < -0.39 is 0 Å². The first kappa shape index (κ1) is 12.9. The van der Waals surface area contributed by atoms with Gasteiger partial charge in [0.15, 0.2) is 0 Å². The molecule has 0 fully saturated rings. The smallest absolute Gasteiger partial charge is 0.260 e. The van der Waals surface area contributed by atoms with Crippen molar-refractivity contribution in [2.75, 3.05) is 7.11 Å². The Kier molecular flexibility index (Phi) is 2.80. The van der Waals surface area contributed by atoms with Crippen molar-refractivity contribution in [1.82, 2.24) is 9.97 Å². The van der Waals surface area contributed by atoms with Gasteiger partial charge in [-0.3, -0.25) is 4.79 Å². The molecule has 0 spiro atoms. The number of methoxy groups -OCH3 is 1. The molecule has 0 radical (unpaired) electrons. The molecule has 0 bridgehead atoms. The van der Waals surface area contributed by atoms with Crippen LogP contribution in [0.4, 0.5) is 0 Å². The molecule has 1 aliphatic carbocycles. The van der Waals surface area contributed by atoms with Crippen molar-refractivity contribution in [1.29, 1.82) is 0 Å². The van der Waals surface area contributed by atoms with E-state index in [0.717, 1.165) is 28.1 Å². The maximum Gasteiger partial charge on any atom is 0.260 e. The van der Waals surface area contributed by atoms with Gasteiger partial charge in [0.05, 0.1) is 18.4 Å². The lowest BCUT2D eigenvalue weighted by molar-refractivity contribution is 0.415. The zero-order valence-electron chi connectivity index (χ0n) is 11.2. The summed E-state index contributed by atoms with van der Waals surface area (Å²) in [6.45, 7) is 0. The molecular weight excluding hydrogens is 308 g/mol. The number of aromatic amines is 1. The standard InChI is InChI=1S/C15H11ClN2O2S/c1-20-8-3-2-7-4-10-12(9(7)5-8)13-14(19)17-11(6-16)18-15(13)21-10/h2-3,5H,4,6H2,1H3,(H,17,18,19). The van der Waals surface area contributed by atoms with Gasteiger partial charge in [-0.1, -0.05) is 6.07 Å². The van der Waals surface area contributed by atoms with Crippen LogP contribution in [0, 0.1) is 0 Å². The Balaban J connectivity index is 2.05. The number of thiophene rings is 1. The number of hydrogen-bond acceptors (Lipinski definition) is 4. The van der Waals surface area contributed by atoms with Crippen molar-refractivity contribution < 1.29 is 4.74 Å². The van der Waals surface area contributed by atoms with Crippen molar-refractivity contribution in [3.63, 3.8) is 0 Å². The molecule has 21 heavy (non-hydrogen) atoms. The van der Waals surface area contributed by atoms with Crippen molar-refractivity contribution in [3.05, 3.63) is 44.8 Å². The molecule has 0 aliphatic heterocycles. The van der Waals surface area contributed by atoms with Crippen LogP contribution in [0.5, 0.6) is 5.75 Å². The first-order valence-corrected chi connectivity index (χ1v) is 7.84. The minimum atomic E-state index is -0.121. The molecule has 0 amide bonds. The first-order valence-electron chi connectivity index (χ1n) is 6.49. The molecule has 2 heterocycles. The summed E-state index contributed by atoms with van der Waals surface area (Å²) < 4.78 is 5.29. The predicted molar refractivity (Wildman–Crippen MR) is 84.6 cm³/mol. The van der Waals surface area contributed by atoms with Crippen LogP contribution in [-0.2, 0) is 12.3 Å². The van der Waals surface area contributed by atoms with E-state index in [0.29, 0.717) is 11.2 Å². The SMILES string of the molecule is COc1ccc2c(c1)-c1c(sc3nc(CCl)[nH]c(=O)c13)C2. The highest BCUT2D eigenvalue weighted by atomic mass is 35.5. The minimum Gasteiger partial charge on any atom is -0.497 e. The molecule has 4 rings (SSSR count). The topological polar surface area (TPSA) is 55.0 Å². The van der Waals surface area contributed by atoms with Gasteiger partial charge in [0.2, 0.25) is 0 Å². The number of nitrogens with one attached hydrogen (secondary N) is 1. The Bertz CT molecular complexity index is 929. The molecule has 0 unspecified atom stereocenters. The van der Waals surface area contributed by atoms with Crippen molar-refractivity contribution >= 4 is 33.2 Å². The summed E-state index contributed by atoms with van der Waals surface area (Å²) >= 11 is 7.34. The molecule has 0 atom stereocenters. The Morgan fingerprint density at radius 3 is 3.10 bits per heavy atom. The fourth-order valence-electron chi connectivity index (χ4n) is 2.81. The molecule has 6 heteroatoms. The molecule has 1 aromatic carbocycles. The lowest BCUT2D eigenvalue weighted by atomic mass is 10.1. The van der Waals surface area contributed by atoms with Gasteiger partial charge in [-0.15, -0.1) is 22.9 Å². The van der Waals surface area contributed by atoms with Crippen LogP contribution in [-0.4, -0.2) is 17.1 Å². The lowest BCUT2D eigenvalue weighted by Crippen LogP contribution is -2.10. The predicted octanol–water partition coefficient (Wildman–Crippen LogP) is 3.30. The summed E-state index contributed by atoms with van der Waals surface area (Å²) in [7, 11) is 1.64. The highest BCUT2D eigenvalue weighted by Crippen LogP contribution is 2.45. The van der Waals surface area contributed by atoms with Gasteiger partial charge in [0, 0.05) is 16.9 Å². The van der Waals surface area contributed by atoms with Gasteiger partial charge in [0.1, 0.15) is 16.4 Å². The number of hydrogen-bond donors (Lipinski definition) is 1. The minimum absolute atomic E-state index is 0.121. The van der Waals surface area contributed by atoms with Gasteiger partial charge in [-0.05, 0) is 23.3 Å². The Hall–Kier alpha value is -1.85. The number of rotatable bonds is 2. The summed E-state index contributed by atoms with van der Waals surface area (Å²) in [5, 5.41) is 0.663. The van der Waals surface area contributed by atoms with E-state index in [1.54, 1.807) is 18.4 Å². The number of benzene rings is 1. The number of nitrogens with zero attached hydrogens (tertiary/aromatic N) is 1. The van der Waals surface area contributed by atoms with E-state index in [2.05, 4.69) is 16.0 Å². The Morgan fingerprint density at radius 1 is 1.48 bits per heavy atom. The van der Waals surface area contributed by atoms with Crippen LogP contribution in [0.15, 0.2) is 23.0 Å². The highest BCUT2D eigenvalue weighted by molar-refractivity contribution is 7.19. The van der Waals surface area contributed by atoms with Crippen molar-refractivity contribution in [3.8, 4) is 16.9 Å². The number of halogens is 1. The molecule has 1 aliphatic rings. The zero-order chi connectivity index (χ0) is 14.6. The monoisotopic (exact) mass is 318 g/mol. The second-order valence-corrected chi connectivity index (χ2v) is 6.28. The normalized spacial score (nSPS) is 12.5. The fraction of sp³-hybridized carbons (Fsp3) is 0.200. The summed E-state index contributed by atoms with van der Waals surface area (Å²) in [5.74, 6) is 1.51. The number of fused-ring (bicyclic) bond motifs is 5. The Morgan fingerprint density at radius 2 is 2.33 bits per heavy atom. The Labute approximate surface area is 129 Å². The van der Waals surface area contributed by atoms with Crippen LogP contribution in [0.3, 0.4) is 0 Å². The third-order valence-electron chi connectivity index (χ3n) is 3.75. The molecule has 1 N–H and O–H groups in total. The van der Waals surface area contributed by atoms with Gasteiger partial charge in [0.25, 0.3) is 5.56 Å². The maximum atomic E-state index is 12.4. The second-order valence-electron chi connectivity index (χ2n) is 4.93. The number of ether oxygens (including phenoxy) is 1. The van der Waals surface area contributed by atoms with E-state index in [4.69, 9.17) is 16.3 Å². The molecule has 106 valence electrons. The van der Waals surface area contributed by atoms with E-state index in [1.807, 2.05) is 12.1 Å². The van der Waals surface area contributed by atoms with Gasteiger partial charge < -0.3 is 9.72 Å². The fourth-order valence-corrected chi connectivity index (χ4v) is 4.17. The molecule has 3 aromatic rings. The largest absolute Gasteiger partial charge is 0.497 e. The number of H-pyrrole nitrogens is 1. The number of alkyl halides is 1. The molecule has 0 saturated carbocycles. The van der Waals surface area contributed by atoms with Crippen LogP contribution in [0.2, 0.25) is 0 Å². The van der Waals surface area contributed by atoms with Gasteiger partial charge >= 0.3 is 0 Å². The zero-order valence-corrected chi connectivity index (χ0v) is 12.8. The van der Waals surface area contributed by atoms with E-state index in [-0.39, 0.29) is 11.4 Å². The molecule has 0 saturated heterocycles. The van der Waals surface area contributed by atoms with Crippen LogP contribution < -0.4 is 10.3 Å². The number of aromatic nitrogens is 2. The van der Waals surface area contributed by atoms with E-state index in [9.17, 15) is 4.79 Å². The summed E-state index contributed by atoms with van der Waals surface area (Å²) in [6.07, 6.45) is 0.839. The summed E-state index contributed by atoms with van der Waals surface area (Å²) in [6, 6.07) is 6.00. The second kappa shape index (κ2) is 4.58. The first-order chi connectivity index (χ1) is 10.2. The molecule has 2 aromatic heterocycles. The third-order valence-corrected chi connectivity index (χ3v) is 5.08. The van der Waals surface area contributed by atoms with Crippen molar-refractivity contribution in [2.45, 2.75) is 12.3 Å². The van der Waals surface area contributed by atoms with E-state index >= 15 is 0 Å². The summed E-state index contributed by atoms with van der Waals surface area (Å²) in [5.41, 5.74) is 3.17. The molecular formula is C15H11ClN2O2S. The average Bonchev–Trinajstić information content (AvgIpc) is 3.01. The van der Waals surface area contributed by atoms with Crippen LogP contribution in [0.25, 0.3) is 21.3 Å². The maximum absolute atomic E-state index is 12.4. The average molecular weight is 319 g/mol. The van der Waals surface area contributed by atoms with Crippen molar-refractivity contribution in [2.24, 2.45) is 0 Å². The third kappa shape index (κ3) is 1.81. The summed E-state index contributed by atoms with van der Waals surface area (Å²) in [4.78, 5) is 21.5. The van der Waals surface area contributed by atoms with E-state index in [1.165, 1.54) is 10.4 Å². The molecule has 4 nitrogen and oxygen atoms in total. The highest BCUT2D eigenvalue weighted by Gasteiger charge is 2.26. The van der Waals surface area contributed by atoms with Crippen LogP contribution >= 0.6 is 22.9 Å². The van der Waals surface area contributed by atoms with Gasteiger partial charge in [-0.2, -0.15) is 0 Å². The quantitative estimate of drug-likeness (QED) is 0.577. The van der Waals surface area contributed by atoms with Crippen LogP contribution in [0.1, 0.15) is 16.3 Å². The van der Waals surface area contributed by atoms with Gasteiger partial charge in [-0.25, -0.2) is 4.98 Å². The lowest BCUT2D eigenvalue weighted by Gasteiger charge is -2.04.